The van der Waals surface area contributed by atoms with Gasteiger partial charge < -0.3 is 4.74 Å². The molecule has 1 atom stereocenters. The van der Waals surface area contributed by atoms with E-state index in [2.05, 4.69) is 9.97 Å². The highest BCUT2D eigenvalue weighted by Gasteiger charge is 2.42. The Bertz CT molecular complexity index is 904. The van der Waals surface area contributed by atoms with E-state index in [4.69, 9.17) is 4.74 Å². The average molecular weight is 374 g/mol. The Kier molecular flexibility index (Phi) is 4.85. The molecule has 9 nitrogen and oxygen atoms in total. The van der Waals surface area contributed by atoms with E-state index in [1.165, 1.54) is 25.3 Å². The van der Waals surface area contributed by atoms with Crippen molar-refractivity contribution in [1.82, 2.24) is 9.97 Å². The van der Waals surface area contributed by atoms with Crippen LogP contribution in [0.25, 0.3) is 0 Å². The summed E-state index contributed by atoms with van der Waals surface area (Å²) < 4.78 is 5.13. The molecule has 0 bridgehead atoms. The van der Waals surface area contributed by atoms with Gasteiger partial charge in [-0.05, 0) is 19.1 Å². The lowest BCUT2D eigenvalue weighted by Crippen LogP contribution is -2.31. The zero-order valence-electron chi connectivity index (χ0n) is 13.9. The number of aryl methyl sites for hydroxylation is 1. The number of methoxy groups -OCH3 is 1. The third kappa shape index (κ3) is 3.36. The quantitative estimate of drug-likeness (QED) is 0.338. The lowest BCUT2D eigenvalue weighted by Gasteiger charge is -2.17. The number of thioether (sulfide) groups is 1. The van der Waals surface area contributed by atoms with Gasteiger partial charge >= 0.3 is 0 Å². The molecular formula is C16H14N4O5S. The average Bonchev–Trinajstić information content (AvgIpc) is 2.88. The van der Waals surface area contributed by atoms with Crippen LogP contribution in [0.2, 0.25) is 0 Å². The second kappa shape index (κ2) is 7.08. The SMILES string of the molecule is COc1cc([N+](=O)[O-])ccc1N1C(=O)CC(Sc2nccc(C)n2)C1=O. The van der Waals surface area contributed by atoms with Crippen molar-refractivity contribution in [1.29, 1.82) is 0 Å². The molecule has 1 aliphatic rings. The molecule has 26 heavy (non-hydrogen) atoms. The number of nitrogens with zero attached hydrogens (tertiary/aromatic N) is 4. The first-order valence-corrected chi connectivity index (χ1v) is 8.44. The number of rotatable bonds is 5. The topological polar surface area (TPSA) is 116 Å². The second-order valence-electron chi connectivity index (χ2n) is 5.47. The van der Waals surface area contributed by atoms with E-state index in [9.17, 15) is 19.7 Å². The fraction of sp³-hybridized carbons (Fsp3) is 0.250. The van der Waals surface area contributed by atoms with Crippen LogP contribution in [0.4, 0.5) is 11.4 Å². The molecule has 2 heterocycles. The van der Waals surface area contributed by atoms with Gasteiger partial charge in [0.2, 0.25) is 11.8 Å². The van der Waals surface area contributed by atoms with Gasteiger partial charge in [0.05, 0.1) is 23.8 Å². The number of amides is 2. The summed E-state index contributed by atoms with van der Waals surface area (Å²) in [6, 6.07) is 5.48. The Hall–Kier alpha value is -3.01. The van der Waals surface area contributed by atoms with Crippen LogP contribution in [0.1, 0.15) is 12.1 Å². The second-order valence-corrected chi connectivity index (χ2v) is 6.64. The van der Waals surface area contributed by atoms with Crippen LogP contribution in [0.3, 0.4) is 0 Å². The van der Waals surface area contributed by atoms with Gasteiger partial charge in [0.1, 0.15) is 11.0 Å². The first kappa shape index (κ1) is 17.8. The van der Waals surface area contributed by atoms with Crippen LogP contribution in [0, 0.1) is 17.0 Å². The number of carbonyl (C=O) groups excluding carboxylic acids is 2. The van der Waals surface area contributed by atoms with Gasteiger partial charge in [-0.3, -0.25) is 19.7 Å². The van der Waals surface area contributed by atoms with Crippen molar-refractivity contribution < 1.29 is 19.2 Å². The molecular weight excluding hydrogens is 360 g/mol. The van der Waals surface area contributed by atoms with Gasteiger partial charge in [-0.2, -0.15) is 0 Å². The maximum atomic E-state index is 12.7. The van der Waals surface area contributed by atoms with Crippen molar-refractivity contribution in [2.45, 2.75) is 23.8 Å². The van der Waals surface area contributed by atoms with Crippen molar-refractivity contribution >= 4 is 35.0 Å². The predicted octanol–water partition coefficient (Wildman–Crippen LogP) is 2.13. The largest absolute Gasteiger partial charge is 0.494 e. The van der Waals surface area contributed by atoms with E-state index in [0.29, 0.717) is 5.16 Å². The smallest absolute Gasteiger partial charge is 0.273 e. The molecule has 0 aliphatic carbocycles. The molecule has 1 aromatic carbocycles. The molecule has 10 heteroatoms. The van der Waals surface area contributed by atoms with Gasteiger partial charge in [0.15, 0.2) is 5.16 Å². The normalized spacial score (nSPS) is 16.8. The van der Waals surface area contributed by atoms with E-state index in [1.807, 2.05) is 0 Å². The van der Waals surface area contributed by atoms with Gasteiger partial charge in [-0.1, -0.05) is 11.8 Å². The van der Waals surface area contributed by atoms with Crippen LogP contribution in [-0.2, 0) is 9.59 Å². The van der Waals surface area contributed by atoms with E-state index in [0.717, 1.165) is 22.4 Å². The number of non-ortho nitro benzene ring substituents is 1. The summed E-state index contributed by atoms with van der Waals surface area (Å²) in [6.45, 7) is 1.81. The fourth-order valence-electron chi connectivity index (χ4n) is 2.52. The van der Waals surface area contributed by atoms with E-state index >= 15 is 0 Å². The van der Waals surface area contributed by atoms with E-state index < -0.39 is 22.0 Å². The molecule has 3 rings (SSSR count). The number of aromatic nitrogens is 2. The Morgan fingerprint density at radius 1 is 1.35 bits per heavy atom. The summed E-state index contributed by atoms with van der Waals surface area (Å²) in [5, 5.41) is 10.6. The minimum absolute atomic E-state index is 0.0130. The highest BCUT2D eigenvalue weighted by atomic mass is 32.2. The lowest BCUT2D eigenvalue weighted by atomic mass is 10.2. The van der Waals surface area contributed by atoms with Crippen molar-refractivity contribution in [3.05, 3.63) is 46.3 Å². The summed E-state index contributed by atoms with van der Waals surface area (Å²) in [4.78, 5) is 44.8. The summed E-state index contributed by atoms with van der Waals surface area (Å²) >= 11 is 1.11. The Labute approximate surface area is 152 Å². The number of hydrogen-bond donors (Lipinski definition) is 0. The third-order valence-corrected chi connectivity index (χ3v) is 4.80. The molecule has 1 saturated heterocycles. The molecule has 1 aromatic heterocycles. The zero-order valence-corrected chi connectivity index (χ0v) is 14.7. The molecule has 2 aromatic rings. The van der Waals surface area contributed by atoms with Crippen LogP contribution < -0.4 is 9.64 Å². The van der Waals surface area contributed by atoms with Crippen LogP contribution >= 0.6 is 11.8 Å². The molecule has 1 fully saturated rings. The monoisotopic (exact) mass is 374 g/mol. The summed E-state index contributed by atoms with van der Waals surface area (Å²) in [5.41, 5.74) is 0.748. The van der Waals surface area contributed by atoms with Gasteiger partial charge in [-0.25, -0.2) is 14.9 Å². The first-order chi connectivity index (χ1) is 12.4. The number of imide groups is 1. The zero-order chi connectivity index (χ0) is 18.8. The number of carbonyl (C=O) groups is 2. The summed E-state index contributed by atoms with van der Waals surface area (Å²) in [6.07, 6.45) is 1.57. The van der Waals surface area contributed by atoms with Gasteiger partial charge in [0.25, 0.3) is 5.69 Å². The van der Waals surface area contributed by atoms with Crippen molar-refractivity contribution in [3.63, 3.8) is 0 Å². The number of hydrogen-bond acceptors (Lipinski definition) is 8. The van der Waals surface area contributed by atoms with Crippen LogP contribution in [-0.4, -0.2) is 39.1 Å². The molecule has 0 spiro atoms. The molecule has 1 aliphatic heterocycles. The van der Waals surface area contributed by atoms with Crippen LogP contribution in [0.15, 0.2) is 35.6 Å². The van der Waals surface area contributed by atoms with Gasteiger partial charge in [-0.15, -0.1) is 0 Å². The molecule has 0 N–H and O–H groups in total. The van der Waals surface area contributed by atoms with Crippen molar-refractivity contribution in [2.75, 3.05) is 12.0 Å². The highest BCUT2D eigenvalue weighted by Crippen LogP contribution is 2.38. The molecule has 2 amide bonds. The number of benzene rings is 1. The Balaban J connectivity index is 1.88. The van der Waals surface area contributed by atoms with Crippen LogP contribution in [0.5, 0.6) is 5.75 Å². The highest BCUT2D eigenvalue weighted by molar-refractivity contribution is 8.00. The fourth-order valence-corrected chi connectivity index (χ4v) is 3.53. The van der Waals surface area contributed by atoms with Crippen molar-refractivity contribution in [2.24, 2.45) is 0 Å². The third-order valence-electron chi connectivity index (χ3n) is 3.74. The summed E-state index contributed by atoms with van der Waals surface area (Å²) in [5.74, 6) is -0.761. The maximum Gasteiger partial charge on any atom is 0.273 e. The maximum absolute atomic E-state index is 12.7. The Morgan fingerprint density at radius 3 is 2.77 bits per heavy atom. The number of anilines is 1. The molecule has 0 radical (unpaired) electrons. The predicted molar refractivity (Wildman–Crippen MR) is 93.2 cm³/mol. The van der Waals surface area contributed by atoms with Gasteiger partial charge in [0, 0.05) is 24.4 Å². The minimum atomic E-state index is -0.663. The van der Waals surface area contributed by atoms with E-state index in [-0.39, 0.29) is 23.5 Å². The number of ether oxygens (including phenoxy) is 1. The minimum Gasteiger partial charge on any atom is -0.494 e. The standard InChI is InChI=1S/C16H14N4O5S/c1-9-5-6-17-16(18-9)26-13-8-14(21)19(15(13)22)11-4-3-10(20(23)24)7-12(11)25-2/h3-7,13H,8H2,1-2H3. The Morgan fingerprint density at radius 2 is 2.12 bits per heavy atom. The number of nitro groups is 1. The lowest BCUT2D eigenvalue weighted by molar-refractivity contribution is -0.384. The molecule has 134 valence electrons. The number of nitro benzene ring substituents is 1. The van der Waals surface area contributed by atoms with E-state index in [1.54, 1.807) is 19.2 Å². The first-order valence-electron chi connectivity index (χ1n) is 7.56. The summed E-state index contributed by atoms with van der Waals surface area (Å²) in [7, 11) is 1.32. The molecule has 1 unspecified atom stereocenters. The molecule has 0 saturated carbocycles. The van der Waals surface area contributed by atoms with Crippen molar-refractivity contribution in [3.8, 4) is 5.75 Å².